The summed E-state index contributed by atoms with van der Waals surface area (Å²) in [5.74, 6) is 1.58. The van der Waals surface area contributed by atoms with Crippen LogP contribution in [0.3, 0.4) is 0 Å². The topological polar surface area (TPSA) is 67.3 Å². The molecular formula is C20H28N4O2. The molecule has 140 valence electrons. The highest BCUT2D eigenvalue weighted by atomic mass is 16.5. The molecule has 6 nitrogen and oxygen atoms in total. The number of methoxy groups -OCH3 is 1. The molecule has 0 saturated carbocycles. The lowest BCUT2D eigenvalue weighted by atomic mass is 9.95. The second-order valence-electron chi connectivity index (χ2n) is 7.54. The molecule has 0 bridgehead atoms. The van der Waals surface area contributed by atoms with Crippen LogP contribution in [0.5, 0.6) is 0 Å². The number of amides is 1. The number of nitrogens with zero attached hydrogens (tertiary/aromatic N) is 3. The number of hydrogen-bond acceptors (Lipinski definition) is 5. The largest absolute Gasteiger partial charge is 0.378 e. The number of aromatic nitrogens is 2. The van der Waals surface area contributed by atoms with Gasteiger partial charge >= 0.3 is 0 Å². The molecule has 1 amide bonds. The molecule has 6 heteroatoms. The van der Waals surface area contributed by atoms with Crippen LogP contribution in [-0.2, 0) is 28.0 Å². The van der Waals surface area contributed by atoms with Crippen molar-refractivity contribution >= 4 is 17.4 Å². The second kappa shape index (κ2) is 8.27. The summed E-state index contributed by atoms with van der Waals surface area (Å²) in [5, 5.41) is 3.32. The SMILES string of the molecule is COCc1cc(Nc2ccc(CC(=O)N(C)C)cc2)nc(C(C)(C)C)n1. The van der Waals surface area contributed by atoms with Gasteiger partial charge in [-0.1, -0.05) is 32.9 Å². The summed E-state index contributed by atoms with van der Waals surface area (Å²) in [7, 11) is 5.18. The number of ether oxygens (including phenoxy) is 1. The minimum Gasteiger partial charge on any atom is -0.378 e. The Labute approximate surface area is 155 Å². The van der Waals surface area contributed by atoms with Crippen molar-refractivity contribution < 1.29 is 9.53 Å². The fraction of sp³-hybridized carbons (Fsp3) is 0.450. The zero-order chi connectivity index (χ0) is 19.3. The van der Waals surface area contributed by atoms with Crippen LogP contribution in [0.15, 0.2) is 30.3 Å². The van der Waals surface area contributed by atoms with E-state index in [4.69, 9.17) is 4.74 Å². The Kier molecular flexibility index (Phi) is 6.32. The van der Waals surface area contributed by atoms with Crippen LogP contribution in [0, 0.1) is 0 Å². The van der Waals surface area contributed by atoms with E-state index in [9.17, 15) is 4.79 Å². The zero-order valence-electron chi connectivity index (χ0n) is 16.5. The fourth-order valence-electron chi connectivity index (χ4n) is 2.31. The minimum atomic E-state index is -0.156. The van der Waals surface area contributed by atoms with Crippen molar-refractivity contribution in [3.05, 3.63) is 47.4 Å². The van der Waals surface area contributed by atoms with Gasteiger partial charge in [-0.3, -0.25) is 4.79 Å². The zero-order valence-corrected chi connectivity index (χ0v) is 16.5. The Bertz CT molecular complexity index is 749. The molecule has 0 spiro atoms. The highest BCUT2D eigenvalue weighted by Gasteiger charge is 2.19. The first-order valence-corrected chi connectivity index (χ1v) is 8.62. The summed E-state index contributed by atoms with van der Waals surface area (Å²) in [5.41, 5.74) is 2.57. The van der Waals surface area contributed by atoms with E-state index in [0.29, 0.717) is 13.0 Å². The second-order valence-corrected chi connectivity index (χ2v) is 7.54. The highest BCUT2D eigenvalue weighted by Crippen LogP contribution is 2.23. The molecule has 0 fully saturated rings. The van der Waals surface area contributed by atoms with Crippen molar-refractivity contribution in [2.45, 2.75) is 39.2 Å². The van der Waals surface area contributed by atoms with E-state index in [0.717, 1.165) is 28.6 Å². The van der Waals surface area contributed by atoms with Gasteiger partial charge in [0.2, 0.25) is 5.91 Å². The first kappa shape index (κ1) is 19.8. The molecule has 26 heavy (non-hydrogen) atoms. The minimum absolute atomic E-state index is 0.0838. The summed E-state index contributed by atoms with van der Waals surface area (Å²) in [6.45, 7) is 6.68. The maximum absolute atomic E-state index is 11.8. The fourth-order valence-corrected chi connectivity index (χ4v) is 2.31. The lowest BCUT2D eigenvalue weighted by Crippen LogP contribution is -2.23. The quantitative estimate of drug-likeness (QED) is 0.860. The van der Waals surface area contributed by atoms with Crippen LogP contribution < -0.4 is 5.32 Å². The number of rotatable bonds is 6. The molecule has 0 radical (unpaired) electrons. The van der Waals surface area contributed by atoms with Crippen molar-refractivity contribution in [1.82, 2.24) is 14.9 Å². The van der Waals surface area contributed by atoms with Crippen LogP contribution in [0.4, 0.5) is 11.5 Å². The predicted molar refractivity (Wildman–Crippen MR) is 104 cm³/mol. The molecule has 1 heterocycles. The summed E-state index contributed by atoms with van der Waals surface area (Å²) in [6.07, 6.45) is 0.396. The van der Waals surface area contributed by atoms with Crippen LogP contribution in [0.25, 0.3) is 0 Å². The molecule has 1 aromatic carbocycles. The van der Waals surface area contributed by atoms with Gasteiger partial charge in [-0.25, -0.2) is 9.97 Å². The van der Waals surface area contributed by atoms with Gasteiger partial charge in [0.15, 0.2) is 0 Å². The number of carbonyl (C=O) groups excluding carboxylic acids is 1. The maximum Gasteiger partial charge on any atom is 0.226 e. The summed E-state index contributed by atoms with van der Waals surface area (Å²) >= 11 is 0. The van der Waals surface area contributed by atoms with Crippen LogP contribution in [0.2, 0.25) is 0 Å². The molecule has 1 aromatic heterocycles. The molecule has 0 aliphatic rings. The van der Waals surface area contributed by atoms with Crippen molar-refractivity contribution in [3.63, 3.8) is 0 Å². The number of hydrogen-bond donors (Lipinski definition) is 1. The molecule has 2 rings (SSSR count). The Morgan fingerprint density at radius 2 is 1.81 bits per heavy atom. The van der Waals surface area contributed by atoms with E-state index in [2.05, 4.69) is 36.1 Å². The lowest BCUT2D eigenvalue weighted by Gasteiger charge is -2.19. The Balaban J connectivity index is 2.19. The van der Waals surface area contributed by atoms with Gasteiger partial charge in [0.05, 0.1) is 18.7 Å². The van der Waals surface area contributed by atoms with Crippen molar-refractivity contribution in [1.29, 1.82) is 0 Å². The molecule has 0 aliphatic heterocycles. The van der Waals surface area contributed by atoms with Gasteiger partial charge < -0.3 is 15.0 Å². The molecule has 1 N–H and O–H groups in total. The number of likely N-dealkylation sites (N-methyl/N-ethyl adjacent to an activating group) is 1. The molecule has 0 unspecified atom stereocenters. The molecular weight excluding hydrogens is 328 g/mol. The van der Waals surface area contributed by atoms with Gasteiger partial charge in [-0.2, -0.15) is 0 Å². The Hall–Kier alpha value is -2.47. The summed E-state index contributed by atoms with van der Waals surface area (Å²) < 4.78 is 5.22. The van der Waals surface area contributed by atoms with E-state index in [-0.39, 0.29) is 11.3 Å². The molecule has 0 aliphatic carbocycles. The third kappa shape index (κ3) is 5.52. The van der Waals surface area contributed by atoms with Gasteiger partial charge in [0, 0.05) is 38.4 Å². The Morgan fingerprint density at radius 1 is 1.15 bits per heavy atom. The van der Waals surface area contributed by atoms with E-state index in [1.165, 1.54) is 0 Å². The van der Waals surface area contributed by atoms with Gasteiger partial charge in [-0.05, 0) is 17.7 Å². The average molecular weight is 356 g/mol. The normalized spacial score (nSPS) is 11.3. The van der Waals surface area contributed by atoms with Gasteiger partial charge in [0.1, 0.15) is 11.6 Å². The van der Waals surface area contributed by atoms with Gasteiger partial charge in [-0.15, -0.1) is 0 Å². The number of carbonyl (C=O) groups is 1. The first-order valence-electron chi connectivity index (χ1n) is 8.62. The van der Waals surface area contributed by atoms with Crippen LogP contribution >= 0.6 is 0 Å². The highest BCUT2D eigenvalue weighted by molar-refractivity contribution is 5.78. The molecule has 0 atom stereocenters. The lowest BCUT2D eigenvalue weighted by molar-refractivity contribution is -0.127. The molecule has 0 saturated heterocycles. The van der Waals surface area contributed by atoms with E-state index in [1.807, 2.05) is 30.3 Å². The number of anilines is 2. The predicted octanol–water partition coefficient (Wildman–Crippen LogP) is 3.29. The van der Waals surface area contributed by atoms with E-state index < -0.39 is 0 Å². The van der Waals surface area contributed by atoms with Crippen molar-refractivity contribution in [2.24, 2.45) is 0 Å². The monoisotopic (exact) mass is 356 g/mol. The standard InChI is InChI=1S/C20H28N4O2/c1-20(2,3)19-22-16(13-26-6)12-17(23-19)21-15-9-7-14(8-10-15)11-18(25)24(4)5/h7-10,12H,11,13H2,1-6H3,(H,21,22,23). The van der Waals surface area contributed by atoms with Crippen LogP contribution in [0.1, 0.15) is 37.9 Å². The van der Waals surface area contributed by atoms with E-state index >= 15 is 0 Å². The van der Waals surface area contributed by atoms with Crippen molar-refractivity contribution in [3.8, 4) is 0 Å². The molecule has 2 aromatic rings. The third-order valence-corrected chi connectivity index (χ3v) is 3.82. The average Bonchev–Trinajstić information content (AvgIpc) is 2.56. The Morgan fingerprint density at radius 3 is 2.35 bits per heavy atom. The van der Waals surface area contributed by atoms with E-state index in [1.54, 1.807) is 26.1 Å². The maximum atomic E-state index is 11.8. The number of nitrogens with one attached hydrogen (secondary N) is 1. The number of benzene rings is 1. The smallest absolute Gasteiger partial charge is 0.226 e. The summed E-state index contributed by atoms with van der Waals surface area (Å²) in [6, 6.07) is 9.69. The summed E-state index contributed by atoms with van der Waals surface area (Å²) in [4.78, 5) is 22.6. The van der Waals surface area contributed by atoms with Crippen molar-refractivity contribution in [2.75, 3.05) is 26.5 Å². The van der Waals surface area contributed by atoms with Gasteiger partial charge in [0.25, 0.3) is 0 Å². The third-order valence-electron chi connectivity index (χ3n) is 3.82. The van der Waals surface area contributed by atoms with Crippen LogP contribution in [-0.4, -0.2) is 42.0 Å². The first-order chi connectivity index (χ1) is 12.2.